The van der Waals surface area contributed by atoms with Crippen LogP contribution in [0.2, 0.25) is 0 Å². The quantitative estimate of drug-likeness (QED) is 0.752. The lowest BCUT2D eigenvalue weighted by Crippen LogP contribution is -2.30. The van der Waals surface area contributed by atoms with Crippen LogP contribution < -0.4 is 10.1 Å². The van der Waals surface area contributed by atoms with Crippen LogP contribution >= 0.6 is 11.3 Å². The van der Waals surface area contributed by atoms with Crippen LogP contribution in [-0.4, -0.2) is 32.1 Å². The van der Waals surface area contributed by atoms with E-state index in [-0.39, 0.29) is 18.9 Å². The first kappa shape index (κ1) is 17.0. The Morgan fingerprint density at radius 1 is 1.17 bits per heavy atom. The zero-order chi connectivity index (χ0) is 16.5. The third-order valence-corrected chi connectivity index (χ3v) is 4.05. The van der Waals surface area contributed by atoms with Gasteiger partial charge >= 0.3 is 5.97 Å². The molecule has 1 N–H and O–H groups in total. The van der Waals surface area contributed by atoms with E-state index < -0.39 is 5.97 Å². The van der Waals surface area contributed by atoms with Gasteiger partial charge in [-0.05, 0) is 29.5 Å². The van der Waals surface area contributed by atoms with Crippen LogP contribution in [0.25, 0.3) is 0 Å². The number of amides is 1. The molecule has 0 unspecified atom stereocenters. The highest BCUT2D eigenvalue weighted by atomic mass is 32.1. The molecule has 0 bridgehead atoms. The molecule has 0 fully saturated rings. The number of ether oxygens (including phenoxy) is 2. The molecule has 0 saturated heterocycles. The van der Waals surface area contributed by atoms with Crippen LogP contribution in [0.15, 0.2) is 41.8 Å². The number of carbonyl (C=O) groups is 2. The van der Waals surface area contributed by atoms with Crippen molar-refractivity contribution >= 4 is 23.2 Å². The Balaban J connectivity index is 1.66. The van der Waals surface area contributed by atoms with Crippen molar-refractivity contribution in [2.75, 3.05) is 20.3 Å². The number of carbonyl (C=O) groups excluding carboxylic acids is 2. The summed E-state index contributed by atoms with van der Waals surface area (Å²) in [7, 11) is 1.62. The van der Waals surface area contributed by atoms with Crippen LogP contribution in [0.3, 0.4) is 0 Å². The molecule has 0 radical (unpaired) electrons. The summed E-state index contributed by atoms with van der Waals surface area (Å²) in [4.78, 5) is 24.2. The van der Waals surface area contributed by atoms with E-state index in [9.17, 15) is 9.59 Å². The fraction of sp³-hybridized carbons (Fsp3) is 0.294. The molecule has 23 heavy (non-hydrogen) atoms. The van der Waals surface area contributed by atoms with Gasteiger partial charge < -0.3 is 14.8 Å². The minimum Gasteiger partial charge on any atom is -0.496 e. The molecule has 2 rings (SSSR count). The second-order valence-corrected chi connectivity index (χ2v) is 5.86. The zero-order valence-corrected chi connectivity index (χ0v) is 13.7. The number of nitrogens with one attached hydrogen (secondary N) is 1. The normalized spacial score (nSPS) is 10.1. The molecule has 2 aromatic rings. The first-order valence-corrected chi connectivity index (χ1v) is 8.13. The summed E-state index contributed by atoms with van der Waals surface area (Å²) in [6.45, 7) is 0.206. The van der Waals surface area contributed by atoms with Crippen LogP contribution in [0, 0.1) is 0 Å². The Kier molecular flexibility index (Phi) is 6.62. The van der Waals surface area contributed by atoms with E-state index in [1.165, 1.54) is 11.3 Å². The van der Waals surface area contributed by atoms with Gasteiger partial charge in [0.15, 0.2) is 6.61 Å². The molecule has 0 aliphatic rings. The second-order valence-electron chi connectivity index (χ2n) is 4.83. The zero-order valence-electron chi connectivity index (χ0n) is 12.9. The van der Waals surface area contributed by atoms with Gasteiger partial charge in [-0.2, -0.15) is 0 Å². The first-order chi connectivity index (χ1) is 11.2. The molecule has 0 aliphatic heterocycles. The molecular formula is C17H19NO4S. The van der Waals surface area contributed by atoms with Crippen molar-refractivity contribution in [2.45, 2.75) is 12.8 Å². The summed E-state index contributed by atoms with van der Waals surface area (Å²) in [6, 6.07) is 11.4. The summed E-state index contributed by atoms with van der Waals surface area (Å²) in [6.07, 6.45) is 0.852. The van der Waals surface area contributed by atoms with Crippen LogP contribution in [0.5, 0.6) is 5.75 Å². The molecule has 1 aromatic heterocycles. The number of methoxy groups -OCH3 is 1. The van der Waals surface area contributed by atoms with Gasteiger partial charge in [-0.1, -0.05) is 24.3 Å². The van der Waals surface area contributed by atoms with Crippen LogP contribution in [-0.2, 0) is 27.2 Å². The number of hydrogen-bond donors (Lipinski definition) is 1. The number of rotatable bonds is 8. The Hall–Kier alpha value is -2.34. The highest BCUT2D eigenvalue weighted by molar-refractivity contribution is 7.10. The summed E-state index contributed by atoms with van der Waals surface area (Å²) in [5.74, 6) is 0.0934. The molecule has 0 spiro atoms. The van der Waals surface area contributed by atoms with Gasteiger partial charge in [-0.25, -0.2) is 0 Å². The van der Waals surface area contributed by atoms with Crippen LogP contribution in [0.1, 0.15) is 10.4 Å². The summed E-state index contributed by atoms with van der Waals surface area (Å²) >= 11 is 1.49. The number of para-hydroxylation sites is 1. The maximum absolute atomic E-state index is 11.7. The van der Waals surface area contributed by atoms with Gasteiger partial charge in [-0.15, -0.1) is 11.3 Å². The Morgan fingerprint density at radius 3 is 2.74 bits per heavy atom. The Morgan fingerprint density at radius 2 is 2.00 bits per heavy atom. The largest absolute Gasteiger partial charge is 0.496 e. The summed E-state index contributed by atoms with van der Waals surface area (Å²) < 4.78 is 10.2. The average Bonchev–Trinajstić information content (AvgIpc) is 3.06. The number of hydrogen-bond acceptors (Lipinski definition) is 5. The van der Waals surface area contributed by atoms with Crippen molar-refractivity contribution < 1.29 is 19.1 Å². The third-order valence-electron chi connectivity index (χ3n) is 3.17. The molecule has 0 saturated carbocycles. The third kappa shape index (κ3) is 5.75. The number of thiophene rings is 1. The van der Waals surface area contributed by atoms with Gasteiger partial charge in [-0.3, -0.25) is 9.59 Å². The maximum Gasteiger partial charge on any atom is 0.311 e. The molecule has 0 atom stereocenters. The van der Waals surface area contributed by atoms with Crippen molar-refractivity contribution in [3.8, 4) is 5.75 Å². The summed E-state index contributed by atoms with van der Waals surface area (Å²) in [5, 5.41) is 4.62. The van der Waals surface area contributed by atoms with E-state index in [0.717, 1.165) is 16.2 Å². The van der Waals surface area contributed by atoms with Crippen LogP contribution in [0.4, 0.5) is 0 Å². The molecule has 1 aromatic carbocycles. The fourth-order valence-electron chi connectivity index (χ4n) is 2.05. The van der Waals surface area contributed by atoms with Crippen molar-refractivity contribution in [3.63, 3.8) is 0 Å². The lowest BCUT2D eigenvalue weighted by molar-refractivity contribution is -0.147. The molecule has 122 valence electrons. The lowest BCUT2D eigenvalue weighted by atomic mass is 10.1. The van der Waals surface area contributed by atoms with Gasteiger partial charge in [0.05, 0.1) is 13.5 Å². The minimum absolute atomic E-state index is 0.201. The smallest absolute Gasteiger partial charge is 0.311 e. The number of esters is 1. The molecular weight excluding hydrogens is 314 g/mol. The highest BCUT2D eigenvalue weighted by Crippen LogP contribution is 2.17. The predicted octanol–water partition coefficient (Wildman–Crippen LogP) is 2.20. The molecule has 1 heterocycles. The molecule has 5 nitrogen and oxygen atoms in total. The van der Waals surface area contributed by atoms with Crippen molar-refractivity contribution in [1.82, 2.24) is 5.32 Å². The molecule has 6 heteroatoms. The van der Waals surface area contributed by atoms with E-state index in [2.05, 4.69) is 5.32 Å². The monoisotopic (exact) mass is 333 g/mol. The van der Waals surface area contributed by atoms with Gasteiger partial charge in [0, 0.05) is 11.4 Å². The van der Waals surface area contributed by atoms with E-state index in [0.29, 0.717) is 13.0 Å². The summed E-state index contributed by atoms with van der Waals surface area (Å²) in [5.41, 5.74) is 1.02. The molecule has 1 amide bonds. The highest BCUT2D eigenvalue weighted by Gasteiger charge is 2.09. The van der Waals surface area contributed by atoms with Gasteiger partial charge in [0.25, 0.3) is 5.91 Å². The maximum atomic E-state index is 11.7. The second kappa shape index (κ2) is 8.95. The topological polar surface area (TPSA) is 64.6 Å². The van der Waals surface area contributed by atoms with Crippen molar-refractivity contribution in [1.29, 1.82) is 0 Å². The van der Waals surface area contributed by atoms with Gasteiger partial charge in [0.1, 0.15) is 5.75 Å². The standard InChI is InChI=1S/C17H19NO4S/c1-21-15-7-3-2-5-13(15)8-9-18-16(19)12-22-17(20)11-14-6-4-10-23-14/h2-7,10H,8-9,11-12H2,1H3,(H,18,19). The lowest BCUT2D eigenvalue weighted by Gasteiger charge is -2.09. The van der Waals surface area contributed by atoms with Crippen molar-refractivity contribution in [3.05, 3.63) is 52.2 Å². The van der Waals surface area contributed by atoms with E-state index in [1.807, 2.05) is 41.8 Å². The fourth-order valence-corrected chi connectivity index (χ4v) is 2.74. The SMILES string of the molecule is COc1ccccc1CCNC(=O)COC(=O)Cc1cccs1. The Labute approximate surface area is 139 Å². The van der Waals surface area contributed by atoms with E-state index in [4.69, 9.17) is 9.47 Å². The van der Waals surface area contributed by atoms with E-state index >= 15 is 0 Å². The van der Waals surface area contributed by atoms with Gasteiger partial charge in [0.2, 0.25) is 0 Å². The van der Waals surface area contributed by atoms with Crippen molar-refractivity contribution in [2.24, 2.45) is 0 Å². The molecule has 0 aliphatic carbocycles. The van der Waals surface area contributed by atoms with E-state index in [1.54, 1.807) is 7.11 Å². The number of benzene rings is 1. The minimum atomic E-state index is -0.396. The predicted molar refractivity (Wildman–Crippen MR) is 88.7 cm³/mol. The Bertz CT molecular complexity index is 640. The average molecular weight is 333 g/mol. The first-order valence-electron chi connectivity index (χ1n) is 7.25.